The zero-order valence-electron chi connectivity index (χ0n) is 9.95. The molecular formula is C13H21N3. The van der Waals surface area contributed by atoms with Gasteiger partial charge in [0.05, 0.1) is 0 Å². The lowest BCUT2D eigenvalue weighted by atomic mass is 9.90. The molecular weight excluding hydrogens is 198 g/mol. The topological polar surface area (TPSA) is 41.3 Å². The van der Waals surface area contributed by atoms with Crippen molar-refractivity contribution in [1.29, 1.82) is 0 Å². The smallest absolute Gasteiger partial charge is 0.0317 e. The third kappa shape index (κ3) is 2.82. The van der Waals surface area contributed by atoms with E-state index in [4.69, 9.17) is 5.84 Å². The Hall–Kier alpha value is -0.900. The van der Waals surface area contributed by atoms with E-state index >= 15 is 0 Å². The second kappa shape index (κ2) is 4.95. The molecule has 1 fully saturated rings. The van der Waals surface area contributed by atoms with Gasteiger partial charge in [0.15, 0.2) is 0 Å². The van der Waals surface area contributed by atoms with Crippen LogP contribution in [-0.2, 0) is 6.54 Å². The van der Waals surface area contributed by atoms with Crippen LogP contribution >= 0.6 is 0 Å². The molecule has 2 rings (SSSR count). The molecule has 1 aromatic carbocycles. The van der Waals surface area contributed by atoms with E-state index in [0.717, 1.165) is 32.5 Å². The number of nitrogens with zero attached hydrogens (tertiary/aromatic N) is 1. The molecule has 3 nitrogen and oxygen atoms in total. The number of hydrazine groups is 1. The van der Waals surface area contributed by atoms with Gasteiger partial charge in [-0.1, -0.05) is 30.3 Å². The molecule has 0 atom stereocenters. The van der Waals surface area contributed by atoms with Crippen molar-refractivity contribution in [3.8, 4) is 0 Å². The van der Waals surface area contributed by atoms with Crippen molar-refractivity contribution in [1.82, 2.24) is 10.3 Å². The minimum atomic E-state index is 0.132. The lowest BCUT2D eigenvalue weighted by Crippen LogP contribution is -2.53. The van der Waals surface area contributed by atoms with Crippen LogP contribution in [0.1, 0.15) is 25.3 Å². The van der Waals surface area contributed by atoms with Crippen LogP contribution in [0.2, 0.25) is 0 Å². The van der Waals surface area contributed by atoms with Crippen LogP contribution in [0.5, 0.6) is 0 Å². The highest BCUT2D eigenvalue weighted by Crippen LogP contribution is 2.21. The Bertz CT molecular complexity index is 315. The second-order valence-electron chi connectivity index (χ2n) is 4.97. The molecule has 3 N–H and O–H groups in total. The van der Waals surface area contributed by atoms with Crippen LogP contribution in [0, 0.1) is 0 Å². The van der Waals surface area contributed by atoms with Gasteiger partial charge in [0, 0.05) is 25.2 Å². The van der Waals surface area contributed by atoms with Crippen molar-refractivity contribution >= 4 is 0 Å². The number of rotatable bonds is 3. The fraction of sp³-hybridized carbons (Fsp3) is 0.538. The number of likely N-dealkylation sites (tertiary alicyclic amines) is 1. The van der Waals surface area contributed by atoms with Gasteiger partial charge < -0.3 is 0 Å². The van der Waals surface area contributed by atoms with Crippen molar-refractivity contribution in [3.63, 3.8) is 0 Å². The lowest BCUT2D eigenvalue weighted by Gasteiger charge is -2.38. The van der Waals surface area contributed by atoms with Gasteiger partial charge in [-0.05, 0) is 25.3 Å². The van der Waals surface area contributed by atoms with Crippen molar-refractivity contribution in [2.24, 2.45) is 5.84 Å². The molecule has 0 spiro atoms. The monoisotopic (exact) mass is 219 g/mol. The molecule has 1 aliphatic heterocycles. The van der Waals surface area contributed by atoms with E-state index in [0.29, 0.717) is 0 Å². The predicted octanol–water partition coefficient (Wildman–Crippen LogP) is 1.50. The third-order valence-corrected chi connectivity index (χ3v) is 3.56. The van der Waals surface area contributed by atoms with Gasteiger partial charge in [0.25, 0.3) is 0 Å². The first kappa shape index (κ1) is 11.6. The molecule has 1 aliphatic rings. The highest BCUT2D eigenvalue weighted by Gasteiger charge is 2.28. The maximum atomic E-state index is 5.57. The van der Waals surface area contributed by atoms with E-state index in [1.165, 1.54) is 5.56 Å². The van der Waals surface area contributed by atoms with Gasteiger partial charge in [0.1, 0.15) is 0 Å². The first-order valence-corrected chi connectivity index (χ1v) is 5.96. The summed E-state index contributed by atoms with van der Waals surface area (Å²) in [6, 6.07) is 10.6. The molecule has 3 heteroatoms. The molecule has 1 aromatic rings. The number of nitrogens with two attached hydrogens (primary N) is 1. The van der Waals surface area contributed by atoms with Gasteiger partial charge in [-0.15, -0.1) is 0 Å². The summed E-state index contributed by atoms with van der Waals surface area (Å²) >= 11 is 0. The first-order chi connectivity index (χ1) is 7.72. The minimum absolute atomic E-state index is 0.132. The van der Waals surface area contributed by atoms with E-state index < -0.39 is 0 Å². The summed E-state index contributed by atoms with van der Waals surface area (Å²) in [6.07, 6.45) is 2.24. The number of hydrogen-bond acceptors (Lipinski definition) is 3. The van der Waals surface area contributed by atoms with Crippen LogP contribution in [0.25, 0.3) is 0 Å². The zero-order valence-corrected chi connectivity index (χ0v) is 9.95. The van der Waals surface area contributed by atoms with Crippen molar-refractivity contribution in [2.45, 2.75) is 31.8 Å². The molecule has 1 heterocycles. The summed E-state index contributed by atoms with van der Waals surface area (Å²) in [4.78, 5) is 2.49. The zero-order chi connectivity index (χ0) is 11.4. The molecule has 16 heavy (non-hydrogen) atoms. The van der Waals surface area contributed by atoms with Gasteiger partial charge in [-0.2, -0.15) is 0 Å². The van der Waals surface area contributed by atoms with Gasteiger partial charge in [0.2, 0.25) is 0 Å². The van der Waals surface area contributed by atoms with Gasteiger partial charge in [-0.3, -0.25) is 16.2 Å². The molecule has 1 saturated heterocycles. The van der Waals surface area contributed by atoms with Crippen molar-refractivity contribution < 1.29 is 0 Å². The summed E-state index contributed by atoms with van der Waals surface area (Å²) in [5.74, 6) is 5.57. The molecule has 0 saturated carbocycles. The van der Waals surface area contributed by atoms with Crippen LogP contribution in [0.4, 0.5) is 0 Å². The normalized spacial score (nSPS) is 20.9. The summed E-state index contributed by atoms with van der Waals surface area (Å²) in [6.45, 7) is 5.50. The maximum absolute atomic E-state index is 5.57. The Morgan fingerprint density at radius 1 is 1.25 bits per heavy atom. The third-order valence-electron chi connectivity index (χ3n) is 3.56. The summed E-state index contributed by atoms with van der Waals surface area (Å²) in [7, 11) is 0. The average molecular weight is 219 g/mol. The van der Waals surface area contributed by atoms with Crippen molar-refractivity contribution in [3.05, 3.63) is 35.9 Å². The van der Waals surface area contributed by atoms with E-state index in [1.54, 1.807) is 0 Å². The van der Waals surface area contributed by atoms with E-state index in [1.807, 2.05) is 0 Å². The molecule has 0 unspecified atom stereocenters. The Labute approximate surface area is 97.6 Å². The van der Waals surface area contributed by atoms with Crippen molar-refractivity contribution in [2.75, 3.05) is 13.1 Å². The van der Waals surface area contributed by atoms with Gasteiger partial charge in [-0.25, -0.2) is 0 Å². The number of piperidine rings is 1. The highest BCUT2D eigenvalue weighted by atomic mass is 15.3. The average Bonchev–Trinajstić information content (AvgIpc) is 2.34. The summed E-state index contributed by atoms with van der Waals surface area (Å²) < 4.78 is 0. The molecule has 0 amide bonds. The maximum Gasteiger partial charge on any atom is 0.0317 e. The SMILES string of the molecule is CC1(NN)CCN(Cc2ccccc2)CC1. The lowest BCUT2D eigenvalue weighted by molar-refractivity contribution is 0.141. The standard InChI is InChI=1S/C13H21N3/c1-13(15-14)7-9-16(10-8-13)11-12-5-3-2-4-6-12/h2-6,15H,7-11,14H2,1H3. The number of nitrogens with one attached hydrogen (secondary N) is 1. The van der Waals surface area contributed by atoms with Crippen LogP contribution in [-0.4, -0.2) is 23.5 Å². The Kier molecular flexibility index (Phi) is 3.59. The fourth-order valence-corrected chi connectivity index (χ4v) is 2.19. The molecule has 0 bridgehead atoms. The van der Waals surface area contributed by atoms with Crippen LogP contribution in [0.3, 0.4) is 0 Å². The van der Waals surface area contributed by atoms with Crippen LogP contribution in [0.15, 0.2) is 30.3 Å². The summed E-state index contributed by atoms with van der Waals surface area (Å²) in [5, 5.41) is 0. The minimum Gasteiger partial charge on any atom is -0.299 e. The molecule has 0 aromatic heterocycles. The summed E-state index contributed by atoms with van der Waals surface area (Å²) in [5.41, 5.74) is 4.47. The second-order valence-corrected chi connectivity index (χ2v) is 4.97. The predicted molar refractivity (Wildman–Crippen MR) is 66.7 cm³/mol. The van der Waals surface area contributed by atoms with E-state index in [2.05, 4.69) is 47.6 Å². The molecule has 0 aliphatic carbocycles. The van der Waals surface area contributed by atoms with Crippen LogP contribution < -0.4 is 11.3 Å². The Balaban J connectivity index is 1.86. The van der Waals surface area contributed by atoms with Gasteiger partial charge >= 0.3 is 0 Å². The van der Waals surface area contributed by atoms with E-state index in [9.17, 15) is 0 Å². The number of hydrogen-bond donors (Lipinski definition) is 2. The molecule has 0 radical (unpaired) electrons. The molecule has 88 valence electrons. The Morgan fingerprint density at radius 2 is 1.88 bits per heavy atom. The Morgan fingerprint density at radius 3 is 2.44 bits per heavy atom. The largest absolute Gasteiger partial charge is 0.299 e. The quantitative estimate of drug-likeness (QED) is 0.598. The highest BCUT2D eigenvalue weighted by molar-refractivity contribution is 5.14. The first-order valence-electron chi connectivity index (χ1n) is 5.96. The number of benzene rings is 1. The fourth-order valence-electron chi connectivity index (χ4n) is 2.19. The van der Waals surface area contributed by atoms with E-state index in [-0.39, 0.29) is 5.54 Å².